The van der Waals surface area contributed by atoms with Gasteiger partial charge >= 0.3 is 0 Å². The summed E-state index contributed by atoms with van der Waals surface area (Å²) >= 11 is 0. The molecule has 136 valence electrons. The molecule has 24 heavy (non-hydrogen) atoms. The molecule has 4 aliphatic rings. The highest BCUT2D eigenvalue weighted by Crippen LogP contribution is 2.69. The zero-order chi connectivity index (χ0) is 17.2. The molecule has 0 spiro atoms. The third-order valence-electron chi connectivity index (χ3n) is 9.73. The average Bonchev–Trinajstić information content (AvgIpc) is 2.88. The van der Waals surface area contributed by atoms with E-state index >= 15 is 0 Å². The summed E-state index contributed by atoms with van der Waals surface area (Å²) in [4.78, 5) is 12.0. The van der Waals surface area contributed by atoms with Gasteiger partial charge in [-0.25, -0.2) is 0 Å². The normalized spacial score (nSPS) is 54.1. The second-order valence-corrected chi connectivity index (χ2v) is 9.95. The van der Waals surface area contributed by atoms with Crippen LogP contribution >= 0.6 is 0 Å². The van der Waals surface area contributed by atoms with Crippen molar-refractivity contribution in [3.63, 3.8) is 0 Å². The summed E-state index contributed by atoms with van der Waals surface area (Å²) < 4.78 is 6.20. The lowest BCUT2D eigenvalue weighted by Crippen LogP contribution is -2.56. The molecule has 0 bridgehead atoms. The maximum Gasteiger partial charge on any atom is 0.133 e. The molecule has 0 N–H and O–H groups in total. The molecule has 0 amide bonds. The van der Waals surface area contributed by atoms with E-state index in [1.165, 1.54) is 38.5 Å². The number of hydrogen-bond acceptors (Lipinski definition) is 2. The van der Waals surface area contributed by atoms with Crippen LogP contribution in [0.15, 0.2) is 0 Å². The Hall–Kier alpha value is -0.370. The molecule has 0 aromatic rings. The van der Waals surface area contributed by atoms with E-state index in [1.807, 2.05) is 7.11 Å². The maximum absolute atomic E-state index is 12.0. The van der Waals surface area contributed by atoms with Crippen LogP contribution < -0.4 is 0 Å². The van der Waals surface area contributed by atoms with Crippen LogP contribution in [0, 0.1) is 34.5 Å². The number of Topliss-reactive ketones (excluding diaryl/α,β-unsaturated/α-hetero) is 1. The highest BCUT2D eigenvalue weighted by Gasteiger charge is 2.64. The number of ether oxygens (including phenoxy) is 1. The van der Waals surface area contributed by atoms with Gasteiger partial charge in [0.15, 0.2) is 0 Å². The van der Waals surface area contributed by atoms with Crippen LogP contribution in [0.5, 0.6) is 0 Å². The van der Waals surface area contributed by atoms with Crippen molar-refractivity contribution < 1.29 is 9.53 Å². The standard InChI is InChI=1S/C22H36O2/c1-5-22(24-4)13-10-19-17-7-6-15-14-16(23)8-11-20(15,2)18(17)9-12-21(19,22)3/h15,17-19H,5-14H2,1-4H3/t15-,17+,18-,19-,20-,21-,22-/m0/s1. The van der Waals surface area contributed by atoms with Gasteiger partial charge in [0.25, 0.3) is 0 Å². The van der Waals surface area contributed by atoms with Crippen LogP contribution in [0.3, 0.4) is 0 Å². The maximum atomic E-state index is 12.0. The first kappa shape index (κ1) is 17.1. The third kappa shape index (κ3) is 2.01. The molecule has 2 heteroatoms. The quantitative estimate of drug-likeness (QED) is 0.677. The number of rotatable bonds is 2. The monoisotopic (exact) mass is 332 g/mol. The predicted molar refractivity (Wildman–Crippen MR) is 96.8 cm³/mol. The minimum atomic E-state index is 0.114. The largest absolute Gasteiger partial charge is 0.378 e. The summed E-state index contributed by atoms with van der Waals surface area (Å²) in [6.07, 6.45) is 12.0. The van der Waals surface area contributed by atoms with E-state index in [1.54, 1.807) is 0 Å². The molecule has 0 aromatic heterocycles. The SMILES string of the molecule is CC[C@]1(OC)CC[C@H]2[C@@H]3CC[C@H]4CC(=O)CC[C@]4(C)[C@H]3CC[C@@]21C. The molecule has 0 saturated heterocycles. The molecule has 2 nitrogen and oxygen atoms in total. The van der Waals surface area contributed by atoms with Crippen LogP contribution in [0.1, 0.15) is 85.0 Å². The third-order valence-corrected chi connectivity index (χ3v) is 9.73. The molecule has 4 fully saturated rings. The summed E-state index contributed by atoms with van der Waals surface area (Å²) in [6, 6.07) is 0. The first-order valence-electron chi connectivity index (χ1n) is 10.5. The average molecular weight is 333 g/mol. The lowest BCUT2D eigenvalue weighted by molar-refractivity contribution is -0.166. The van der Waals surface area contributed by atoms with Gasteiger partial charge in [0, 0.05) is 20.0 Å². The molecule has 0 radical (unpaired) electrons. The van der Waals surface area contributed by atoms with Crippen LogP contribution in [0.4, 0.5) is 0 Å². The molecular formula is C22H36O2. The summed E-state index contributed by atoms with van der Waals surface area (Å²) in [5.74, 6) is 3.77. The van der Waals surface area contributed by atoms with E-state index in [4.69, 9.17) is 4.74 Å². The van der Waals surface area contributed by atoms with Gasteiger partial charge in [-0.1, -0.05) is 20.8 Å². The molecular weight excluding hydrogens is 296 g/mol. The second-order valence-electron chi connectivity index (χ2n) is 9.95. The Balaban J connectivity index is 1.64. The lowest BCUT2D eigenvalue weighted by atomic mass is 9.44. The van der Waals surface area contributed by atoms with Crippen LogP contribution in [0.25, 0.3) is 0 Å². The highest BCUT2D eigenvalue weighted by molar-refractivity contribution is 5.79. The van der Waals surface area contributed by atoms with Crippen molar-refractivity contribution in [1.82, 2.24) is 0 Å². The van der Waals surface area contributed by atoms with Gasteiger partial charge in [0.05, 0.1) is 5.60 Å². The molecule has 7 atom stereocenters. The number of carbonyl (C=O) groups excluding carboxylic acids is 1. The topological polar surface area (TPSA) is 26.3 Å². The van der Waals surface area contributed by atoms with Gasteiger partial charge in [0.1, 0.15) is 5.78 Å². The van der Waals surface area contributed by atoms with Gasteiger partial charge in [-0.15, -0.1) is 0 Å². The van der Waals surface area contributed by atoms with Crippen molar-refractivity contribution >= 4 is 5.78 Å². The second kappa shape index (κ2) is 5.56. The Kier molecular flexibility index (Phi) is 3.95. The smallest absolute Gasteiger partial charge is 0.133 e. The van der Waals surface area contributed by atoms with Crippen LogP contribution in [-0.4, -0.2) is 18.5 Å². The van der Waals surface area contributed by atoms with Crippen LogP contribution in [0.2, 0.25) is 0 Å². The van der Waals surface area contributed by atoms with E-state index in [-0.39, 0.29) is 5.60 Å². The molecule has 0 heterocycles. The van der Waals surface area contributed by atoms with Gasteiger partial charge in [0.2, 0.25) is 0 Å². The Bertz CT molecular complexity index is 522. The zero-order valence-electron chi connectivity index (χ0n) is 16.2. The van der Waals surface area contributed by atoms with E-state index in [0.717, 1.165) is 43.4 Å². The molecule has 4 rings (SSSR count). The summed E-state index contributed by atoms with van der Waals surface area (Å²) in [5.41, 5.74) is 0.914. The van der Waals surface area contributed by atoms with E-state index in [2.05, 4.69) is 20.8 Å². The van der Waals surface area contributed by atoms with Crippen molar-refractivity contribution in [2.24, 2.45) is 34.5 Å². The number of fused-ring (bicyclic) bond motifs is 5. The zero-order valence-corrected chi connectivity index (χ0v) is 16.2. The van der Waals surface area contributed by atoms with Crippen molar-refractivity contribution in [3.05, 3.63) is 0 Å². The molecule has 0 aliphatic heterocycles. The fourth-order valence-corrected chi connectivity index (χ4v) is 8.20. The fourth-order valence-electron chi connectivity index (χ4n) is 8.20. The fraction of sp³-hybridized carbons (Fsp3) is 0.955. The van der Waals surface area contributed by atoms with Crippen LogP contribution in [-0.2, 0) is 9.53 Å². The van der Waals surface area contributed by atoms with Gasteiger partial charge in [-0.3, -0.25) is 4.79 Å². The highest BCUT2D eigenvalue weighted by atomic mass is 16.5. The minimum Gasteiger partial charge on any atom is -0.378 e. The summed E-state index contributed by atoms with van der Waals surface area (Å²) in [7, 11) is 1.95. The van der Waals surface area contributed by atoms with E-state index in [9.17, 15) is 4.79 Å². The molecule has 0 aromatic carbocycles. The predicted octanol–water partition coefficient (Wildman–Crippen LogP) is 5.39. The molecule has 4 saturated carbocycles. The Morgan fingerprint density at radius 2 is 1.79 bits per heavy atom. The Morgan fingerprint density at radius 1 is 1.04 bits per heavy atom. The minimum absolute atomic E-state index is 0.114. The van der Waals surface area contributed by atoms with Crippen molar-refractivity contribution in [3.8, 4) is 0 Å². The van der Waals surface area contributed by atoms with Gasteiger partial charge in [-0.05, 0) is 85.9 Å². The summed E-state index contributed by atoms with van der Waals surface area (Å²) in [6.45, 7) is 7.42. The summed E-state index contributed by atoms with van der Waals surface area (Å²) in [5, 5.41) is 0. The number of hydrogen-bond donors (Lipinski definition) is 0. The number of ketones is 1. The first-order chi connectivity index (χ1) is 11.4. The Labute approximate surface area is 148 Å². The number of carbonyl (C=O) groups is 1. The van der Waals surface area contributed by atoms with Crippen molar-refractivity contribution in [2.45, 2.75) is 90.6 Å². The molecule has 0 unspecified atom stereocenters. The van der Waals surface area contributed by atoms with Crippen molar-refractivity contribution in [2.75, 3.05) is 7.11 Å². The number of methoxy groups -OCH3 is 1. The van der Waals surface area contributed by atoms with E-state index in [0.29, 0.717) is 22.5 Å². The van der Waals surface area contributed by atoms with Gasteiger partial charge < -0.3 is 4.74 Å². The lowest BCUT2D eigenvalue weighted by Gasteiger charge is -2.61. The Morgan fingerprint density at radius 3 is 2.50 bits per heavy atom. The first-order valence-corrected chi connectivity index (χ1v) is 10.5. The van der Waals surface area contributed by atoms with E-state index < -0.39 is 0 Å². The van der Waals surface area contributed by atoms with Crippen molar-refractivity contribution in [1.29, 1.82) is 0 Å². The molecule has 4 aliphatic carbocycles. The van der Waals surface area contributed by atoms with Gasteiger partial charge in [-0.2, -0.15) is 0 Å².